The quantitative estimate of drug-likeness (QED) is 0.255. The van der Waals surface area contributed by atoms with Gasteiger partial charge in [-0.05, 0) is 0 Å². The molecule has 0 amide bonds. The van der Waals surface area contributed by atoms with Gasteiger partial charge in [0.05, 0.1) is 0 Å². The van der Waals surface area contributed by atoms with Gasteiger partial charge in [-0.3, -0.25) is 8.92 Å². The molecule has 0 aromatic heterocycles. The second-order valence-electron chi connectivity index (χ2n) is 1.32. The molecule has 0 heterocycles. The molecule has 0 fully saturated rings. The van der Waals surface area contributed by atoms with Crippen LogP contribution >= 0.6 is 0 Å². The molecule has 0 atom stereocenters. The molecule has 0 bridgehead atoms. The first-order chi connectivity index (χ1) is 8.66. The Morgan fingerprint density at radius 2 is 0.455 bits per heavy atom. The van der Waals surface area contributed by atoms with E-state index in [2.05, 4.69) is 0 Å². The van der Waals surface area contributed by atoms with Gasteiger partial charge in [0.25, 0.3) is 0 Å². The molecule has 22 heavy (non-hydrogen) atoms. The summed E-state index contributed by atoms with van der Waals surface area (Å²) in [6, 6.07) is 0. The van der Waals surface area contributed by atoms with Gasteiger partial charge < -0.3 is 61.3 Å². The van der Waals surface area contributed by atoms with Crippen molar-refractivity contribution < 1.29 is 70.3 Å². The Hall–Kier alpha value is -0.851. The van der Waals surface area contributed by atoms with Crippen LogP contribution in [0.5, 0.6) is 0 Å². The molecule has 0 aliphatic carbocycles. The van der Waals surface area contributed by atoms with Crippen LogP contribution in [0.4, 0.5) is 0 Å². The molecule has 0 aromatic rings. The van der Waals surface area contributed by atoms with E-state index in [0.717, 1.165) is 0 Å². The molecule has 0 spiro atoms. The van der Waals surface area contributed by atoms with E-state index < -0.39 is 45.9 Å². The molecule has 0 aliphatic rings. The summed E-state index contributed by atoms with van der Waals surface area (Å²) in [4.78, 5) is 79.7. The standard InChI is InChI=1S/2Al.2H2O3Si.3O3Si/c;;5*1-4(2)3/h;;2*1-2H;;;/q2*+3;;;3*-2. The van der Waals surface area contributed by atoms with Crippen molar-refractivity contribution in [3.05, 3.63) is 0 Å². The van der Waals surface area contributed by atoms with E-state index in [0.29, 0.717) is 0 Å². The molecule has 0 aromatic carbocycles. The van der Waals surface area contributed by atoms with Crippen molar-refractivity contribution in [2.45, 2.75) is 0 Å². The van der Waals surface area contributed by atoms with Gasteiger partial charge in [-0.2, -0.15) is 0 Å². The van der Waals surface area contributed by atoms with Gasteiger partial charge in [0.15, 0.2) is 0 Å². The smallest absolute Gasteiger partial charge is 0.672 e. The minimum absolute atomic E-state index is 0. The molecule has 0 rings (SSSR count). The number of hydrogen-bond donors (Lipinski definition) is 4. The van der Waals surface area contributed by atoms with Crippen LogP contribution in [0.3, 0.4) is 0 Å². The summed E-state index contributed by atoms with van der Waals surface area (Å²) in [5, 5.41) is 0. The van der Waals surface area contributed by atoms with Crippen molar-refractivity contribution in [2.75, 3.05) is 0 Å². The van der Waals surface area contributed by atoms with Gasteiger partial charge in [-0.25, -0.2) is 0 Å². The minimum Gasteiger partial charge on any atom is -0.672 e. The Kier molecular flexibility index (Phi) is 71.9. The third-order valence-corrected chi connectivity index (χ3v) is 0. The SMILES string of the molecule is O=[Si](O)O.O=[Si](O)O.O=[Si]([O-])[O-].O=[Si]([O-])[O-].O=[Si]([O-])[O-].[Al+3].[Al+3]. The molecule has 4 N–H and O–H groups in total. The predicted molar refractivity (Wildman–Crippen MR) is 52.6 cm³/mol. The molecule has 0 saturated heterocycles. The van der Waals surface area contributed by atoms with Crippen LogP contribution in [0, 0.1) is 0 Å². The monoisotopic (exact) mass is 438 g/mol. The average Bonchev–Trinajstić information content (AvgIpc) is 1.94. The van der Waals surface area contributed by atoms with Gasteiger partial charge in [-0.15, -0.1) is 0 Å². The van der Waals surface area contributed by atoms with Crippen molar-refractivity contribution in [3.8, 4) is 0 Å². The van der Waals surface area contributed by atoms with Gasteiger partial charge in [-0.1, -0.05) is 0 Å². The largest absolute Gasteiger partial charge is 3.00 e. The predicted octanol–water partition coefficient (Wildman–Crippen LogP) is -12.6. The fraction of sp³-hybridized carbons (Fsp3) is 0. The van der Waals surface area contributed by atoms with E-state index in [1.54, 1.807) is 0 Å². The molecule has 22 heteroatoms. The fourth-order valence-corrected chi connectivity index (χ4v) is 0. The van der Waals surface area contributed by atoms with Gasteiger partial charge >= 0.3 is 53.1 Å². The van der Waals surface area contributed by atoms with Crippen LogP contribution < -0.4 is 28.8 Å². The van der Waals surface area contributed by atoms with E-state index >= 15 is 0 Å². The van der Waals surface area contributed by atoms with E-state index in [4.69, 9.17) is 70.3 Å². The first kappa shape index (κ1) is 42.9. The Morgan fingerprint density at radius 1 is 0.455 bits per heavy atom. The van der Waals surface area contributed by atoms with Gasteiger partial charge in [0, 0.05) is 27.5 Å². The van der Waals surface area contributed by atoms with Crippen molar-refractivity contribution in [2.24, 2.45) is 0 Å². The molecular weight excluding hydrogens is 434 g/mol. The second kappa shape index (κ2) is 36.9. The third kappa shape index (κ3) is 8720. The maximum atomic E-state index is 8.74. The summed E-state index contributed by atoms with van der Waals surface area (Å²) in [7, 11) is -17.1. The maximum absolute atomic E-state index is 8.74. The van der Waals surface area contributed by atoms with Crippen LogP contribution in [-0.4, -0.2) is 99.8 Å². The fourth-order valence-electron chi connectivity index (χ4n) is 0. The molecule has 0 aliphatic heterocycles. The Labute approximate surface area is 150 Å². The molecular formula is H4Al2O15Si5. The van der Waals surface area contributed by atoms with Crippen molar-refractivity contribution in [3.63, 3.8) is 0 Å². The Balaban J connectivity index is -0.0000000250. The van der Waals surface area contributed by atoms with E-state index in [9.17, 15) is 0 Å². The van der Waals surface area contributed by atoms with Gasteiger partial charge in [0.1, 0.15) is 0 Å². The molecule has 0 radical (unpaired) electrons. The normalized spacial score (nSPS) is 5.45. The van der Waals surface area contributed by atoms with Crippen LogP contribution in [0.2, 0.25) is 0 Å². The molecule has 0 unspecified atom stereocenters. The first-order valence-corrected chi connectivity index (χ1v) is 9.42. The summed E-state index contributed by atoms with van der Waals surface area (Å²) < 4.78 is 43.0. The zero-order valence-corrected chi connectivity index (χ0v) is 17.2. The number of rotatable bonds is 0. The van der Waals surface area contributed by atoms with Crippen molar-refractivity contribution in [1.29, 1.82) is 0 Å². The van der Waals surface area contributed by atoms with Crippen LogP contribution in [0.1, 0.15) is 0 Å². The average molecular weight is 438 g/mol. The summed E-state index contributed by atoms with van der Waals surface area (Å²) in [5.41, 5.74) is 0. The van der Waals surface area contributed by atoms with Crippen LogP contribution in [-0.2, 0) is 22.3 Å². The first-order valence-electron chi connectivity index (χ1n) is 3.14. The van der Waals surface area contributed by atoms with Crippen molar-refractivity contribution >= 4 is 80.6 Å². The summed E-state index contributed by atoms with van der Waals surface area (Å²) in [6.07, 6.45) is 0. The molecule has 0 saturated carbocycles. The second-order valence-corrected chi connectivity index (χ2v) is 3.95. The molecule has 15 nitrogen and oxygen atoms in total. The Morgan fingerprint density at radius 3 is 0.455 bits per heavy atom. The van der Waals surface area contributed by atoms with E-state index in [-0.39, 0.29) is 34.7 Å². The Bertz CT molecular complexity index is 211. The molecule has 120 valence electrons. The maximum Gasteiger partial charge on any atom is 3.00 e. The summed E-state index contributed by atoms with van der Waals surface area (Å²) in [5.74, 6) is 0. The van der Waals surface area contributed by atoms with E-state index in [1.807, 2.05) is 0 Å². The van der Waals surface area contributed by atoms with Crippen LogP contribution in [0.15, 0.2) is 0 Å². The summed E-state index contributed by atoms with van der Waals surface area (Å²) >= 11 is 0. The third-order valence-electron chi connectivity index (χ3n) is 0. The zero-order valence-electron chi connectivity index (χ0n) is 9.93. The van der Waals surface area contributed by atoms with Gasteiger partial charge in [0.2, 0.25) is 0 Å². The zero-order chi connectivity index (χ0) is 17.9. The van der Waals surface area contributed by atoms with E-state index in [1.165, 1.54) is 0 Å². The number of hydrogen-bond acceptors (Lipinski definition) is 11. The minimum atomic E-state index is -3.63. The summed E-state index contributed by atoms with van der Waals surface area (Å²) in [6.45, 7) is 0. The van der Waals surface area contributed by atoms with Crippen LogP contribution in [0.25, 0.3) is 0 Å². The van der Waals surface area contributed by atoms with Crippen molar-refractivity contribution in [1.82, 2.24) is 0 Å². The topological polar surface area (TPSA) is 305 Å².